The Labute approximate surface area is 224 Å². The van der Waals surface area contributed by atoms with Crippen LogP contribution >= 0.6 is 0 Å². The highest BCUT2D eigenvalue weighted by atomic mass is 15.3. The molecule has 3 heterocycles. The van der Waals surface area contributed by atoms with Crippen LogP contribution < -0.4 is 16.4 Å². The number of nitrogen functional groups attached to an aromatic ring is 1. The van der Waals surface area contributed by atoms with Crippen molar-refractivity contribution >= 4 is 22.5 Å². The van der Waals surface area contributed by atoms with E-state index in [1.54, 1.807) is 0 Å². The zero-order valence-electron chi connectivity index (χ0n) is 22.4. The Balaban J connectivity index is 1.30. The molecule has 8 heteroatoms. The molecule has 2 aliphatic rings. The second-order valence-electron chi connectivity index (χ2n) is 10.9. The van der Waals surface area contributed by atoms with Crippen LogP contribution in [0.2, 0.25) is 0 Å². The first kappa shape index (κ1) is 24.8. The molecule has 1 aliphatic heterocycles. The molecular weight excluding hydrogens is 472 g/mol. The monoisotopic (exact) mass is 510 g/mol. The van der Waals surface area contributed by atoms with Crippen LogP contribution in [-0.4, -0.2) is 50.7 Å². The first-order chi connectivity index (χ1) is 18.5. The number of anilines is 2. The molecule has 8 nitrogen and oxygen atoms in total. The van der Waals surface area contributed by atoms with Gasteiger partial charge in [0.2, 0.25) is 0 Å². The van der Waals surface area contributed by atoms with Crippen molar-refractivity contribution in [2.75, 3.05) is 30.7 Å². The van der Waals surface area contributed by atoms with Crippen molar-refractivity contribution in [3.05, 3.63) is 66.0 Å². The first-order valence-electron chi connectivity index (χ1n) is 14.0. The molecule has 2 aromatic carbocycles. The van der Waals surface area contributed by atoms with E-state index in [9.17, 15) is 0 Å². The van der Waals surface area contributed by atoms with Crippen LogP contribution in [0.5, 0.6) is 0 Å². The van der Waals surface area contributed by atoms with Crippen molar-refractivity contribution in [2.45, 2.75) is 63.6 Å². The number of aromatic nitrogens is 4. The molecule has 4 aromatic rings. The Kier molecular flexibility index (Phi) is 6.76. The van der Waals surface area contributed by atoms with Gasteiger partial charge in [-0.25, -0.2) is 9.97 Å². The van der Waals surface area contributed by atoms with E-state index in [2.05, 4.69) is 88.1 Å². The zero-order valence-corrected chi connectivity index (χ0v) is 22.4. The summed E-state index contributed by atoms with van der Waals surface area (Å²) in [6, 6.07) is 19.4. The van der Waals surface area contributed by atoms with Crippen molar-refractivity contribution in [1.29, 1.82) is 0 Å². The number of hydrogen-bond acceptors (Lipinski definition) is 7. The molecule has 0 radical (unpaired) electrons. The standard InChI is InChI=1S/C30H38N8/c1-20-19-32-17-18-38(20)30(15-7-4-8-16-30)29-34-27(31)25-26(36-37-28(25)35-29)23-11-13-24(14-12-23)33-21(2)22-9-5-3-6-10-22/h3,5-6,9-14,20-21,32-33H,4,7-8,15-19H2,1-2H3,(H3,31,34,35,36,37)/t20?,21-/m0/s1. The van der Waals surface area contributed by atoms with Gasteiger partial charge in [0, 0.05) is 43.0 Å². The third-order valence-electron chi connectivity index (χ3n) is 8.44. The molecule has 198 valence electrons. The summed E-state index contributed by atoms with van der Waals surface area (Å²) in [6.45, 7) is 7.45. The normalized spacial score (nSPS) is 20.8. The zero-order chi connectivity index (χ0) is 26.1. The lowest BCUT2D eigenvalue weighted by Crippen LogP contribution is -2.60. The van der Waals surface area contributed by atoms with Gasteiger partial charge in [0.25, 0.3) is 0 Å². The number of aromatic amines is 1. The fourth-order valence-corrected chi connectivity index (χ4v) is 6.43. The maximum absolute atomic E-state index is 6.68. The highest BCUT2D eigenvalue weighted by molar-refractivity contribution is 5.98. The second-order valence-corrected chi connectivity index (χ2v) is 10.9. The number of H-pyrrole nitrogens is 1. The van der Waals surface area contributed by atoms with Gasteiger partial charge in [-0.05, 0) is 44.4 Å². The Morgan fingerprint density at radius 1 is 1.03 bits per heavy atom. The SMILES string of the molecule is CC1CNCCN1C1(c2nc(N)c3c(-c4ccc(N[C@@H](C)c5ccccc5)cc4)n[nH]c3n2)CCCCC1. The van der Waals surface area contributed by atoms with Crippen LogP contribution in [0.25, 0.3) is 22.3 Å². The Morgan fingerprint density at radius 2 is 1.79 bits per heavy atom. The molecule has 6 rings (SSSR count). The summed E-state index contributed by atoms with van der Waals surface area (Å²) in [6.07, 6.45) is 5.78. The maximum Gasteiger partial charge on any atom is 0.161 e. The molecule has 1 aliphatic carbocycles. The van der Waals surface area contributed by atoms with E-state index in [4.69, 9.17) is 15.7 Å². The van der Waals surface area contributed by atoms with E-state index >= 15 is 0 Å². The average Bonchev–Trinajstić information content (AvgIpc) is 3.39. The summed E-state index contributed by atoms with van der Waals surface area (Å²) >= 11 is 0. The predicted octanol–water partition coefficient (Wildman–Crippen LogP) is 5.23. The van der Waals surface area contributed by atoms with E-state index in [-0.39, 0.29) is 11.6 Å². The van der Waals surface area contributed by atoms with E-state index in [1.807, 2.05) is 6.07 Å². The summed E-state index contributed by atoms with van der Waals surface area (Å²) in [7, 11) is 0. The van der Waals surface area contributed by atoms with Crippen molar-refractivity contribution in [3.8, 4) is 11.3 Å². The lowest BCUT2D eigenvalue weighted by molar-refractivity contribution is -0.00484. The Bertz CT molecular complexity index is 1370. The van der Waals surface area contributed by atoms with Crippen LogP contribution in [0.15, 0.2) is 54.6 Å². The molecule has 2 fully saturated rings. The molecule has 5 N–H and O–H groups in total. The number of nitrogens with two attached hydrogens (primary N) is 1. The van der Waals surface area contributed by atoms with Gasteiger partial charge in [-0.2, -0.15) is 5.10 Å². The number of piperazine rings is 1. The van der Waals surface area contributed by atoms with Gasteiger partial charge in [-0.1, -0.05) is 61.7 Å². The molecule has 1 saturated heterocycles. The van der Waals surface area contributed by atoms with Gasteiger partial charge < -0.3 is 16.4 Å². The number of nitrogens with zero attached hydrogens (tertiary/aromatic N) is 4. The number of fused-ring (bicyclic) bond motifs is 1. The van der Waals surface area contributed by atoms with Gasteiger partial charge in [0.05, 0.1) is 10.9 Å². The number of nitrogens with one attached hydrogen (secondary N) is 3. The maximum atomic E-state index is 6.68. The lowest BCUT2D eigenvalue weighted by atomic mass is 9.78. The lowest BCUT2D eigenvalue weighted by Gasteiger charge is -2.50. The number of rotatable bonds is 6. The van der Waals surface area contributed by atoms with E-state index < -0.39 is 0 Å². The van der Waals surface area contributed by atoms with Gasteiger partial charge >= 0.3 is 0 Å². The molecule has 2 atom stereocenters. The summed E-state index contributed by atoms with van der Waals surface area (Å²) in [5.41, 5.74) is 11.3. The highest BCUT2D eigenvalue weighted by Crippen LogP contribution is 2.43. The van der Waals surface area contributed by atoms with Crippen molar-refractivity contribution < 1.29 is 0 Å². The van der Waals surface area contributed by atoms with Gasteiger partial charge in [-0.3, -0.25) is 10.00 Å². The molecule has 0 bridgehead atoms. The van der Waals surface area contributed by atoms with Gasteiger partial charge in [0.15, 0.2) is 11.5 Å². The summed E-state index contributed by atoms with van der Waals surface area (Å²) in [4.78, 5) is 12.7. The fraction of sp³-hybridized carbons (Fsp3) is 0.433. The van der Waals surface area contributed by atoms with Crippen LogP contribution in [-0.2, 0) is 5.54 Å². The average molecular weight is 511 g/mol. The van der Waals surface area contributed by atoms with Gasteiger partial charge in [0.1, 0.15) is 11.5 Å². The third kappa shape index (κ3) is 4.52. The third-order valence-corrected chi connectivity index (χ3v) is 8.44. The quantitative estimate of drug-likeness (QED) is 0.281. The molecule has 0 spiro atoms. The van der Waals surface area contributed by atoms with Crippen LogP contribution in [0.4, 0.5) is 11.5 Å². The Morgan fingerprint density at radius 3 is 2.53 bits per heavy atom. The molecule has 2 aromatic heterocycles. The van der Waals surface area contributed by atoms with Crippen LogP contribution in [0, 0.1) is 0 Å². The van der Waals surface area contributed by atoms with Crippen LogP contribution in [0.1, 0.15) is 63.4 Å². The van der Waals surface area contributed by atoms with E-state index in [0.29, 0.717) is 11.9 Å². The summed E-state index contributed by atoms with van der Waals surface area (Å²) < 4.78 is 0. The van der Waals surface area contributed by atoms with Crippen molar-refractivity contribution in [2.24, 2.45) is 0 Å². The minimum Gasteiger partial charge on any atom is -0.383 e. The number of benzene rings is 2. The summed E-state index contributed by atoms with van der Waals surface area (Å²) in [5.74, 6) is 1.35. The Hall–Kier alpha value is -3.49. The minimum atomic E-state index is -0.171. The van der Waals surface area contributed by atoms with E-state index in [1.165, 1.54) is 24.8 Å². The minimum absolute atomic E-state index is 0.171. The molecule has 1 unspecified atom stereocenters. The fourth-order valence-electron chi connectivity index (χ4n) is 6.43. The molecule has 38 heavy (non-hydrogen) atoms. The highest BCUT2D eigenvalue weighted by Gasteiger charge is 2.45. The van der Waals surface area contributed by atoms with Crippen molar-refractivity contribution in [3.63, 3.8) is 0 Å². The molecule has 0 amide bonds. The molecule has 1 saturated carbocycles. The predicted molar refractivity (Wildman–Crippen MR) is 154 cm³/mol. The largest absolute Gasteiger partial charge is 0.383 e. The topological polar surface area (TPSA) is 108 Å². The first-order valence-corrected chi connectivity index (χ1v) is 14.0. The summed E-state index contributed by atoms with van der Waals surface area (Å²) in [5, 5.41) is 15.7. The number of hydrogen-bond donors (Lipinski definition) is 4. The van der Waals surface area contributed by atoms with Crippen molar-refractivity contribution in [1.82, 2.24) is 30.4 Å². The van der Waals surface area contributed by atoms with E-state index in [0.717, 1.165) is 66.3 Å². The smallest absolute Gasteiger partial charge is 0.161 e. The van der Waals surface area contributed by atoms with Gasteiger partial charge in [-0.15, -0.1) is 0 Å². The second kappa shape index (κ2) is 10.3. The molecular formula is C30H38N8. The van der Waals surface area contributed by atoms with Crippen LogP contribution in [0.3, 0.4) is 0 Å².